The van der Waals surface area contributed by atoms with Crippen molar-refractivity contribution >= 4 is 5.91 Å². The van der Waals surface area contributed by atoms with Gasteiger partial charge < -0.3 is 10.2 Å². The number of fused-ring (bicyclic) bond motifs is 2. The smallest absolute Gasteiger partial charge is 0.238 e. The van der Waals surface area contributed by atoms with Gasteiger partial charge in [-0.2, -0.15) is 0 Å². The Morgan fingerprint density at radius 1 is 1.24 bits per heavy atom. The van der Waals surface area contributed by atoms with Gasteiger partial charge in [-0.1, -0.05) is 6.42 Å². The Bertz CT molecular complexity index is 290. The lowest BCUT2D eigenvalue weighted by molar-refractivity contribution is -0.130. The second kappa shape index (κ2) is 4.97. The van der Waals surface area contributed by atoms with Gasteiger partial charge in [0.25, 0.3) is 0 Å². The molecule has 0 saturated heterocycles. The fourth-order valence-corrected chi connectivity index (χ4v) is 3.88. The maximum absolute atomic E-state index is 11.8. The predicted octanol–water partition coefficient (Wildman–Crippen LogP) is 1.88. The molecule has 0 aromatic rings. The number of likely N-dealkylation sites (N-methyl/N-ethyl adjacent to an activating group) is 1. The molecule has 3 nitrogen and oxygen atoms in total. The third-order valence-corrected chi connectivity index (χ3v) is 4.76. The van der Waals surface area contributed by atoms with Crippen LogP contribution in [0.25, 0.3) is 0 Å². The van der Waals surface area contributed by atoms with E-state index in [-0.39, 0.29) is 11.9 Å². The third-order valence-electron chi connectivity index (χ3n) is 4.76. The van der Waals surface area contributed by atoms with Gasteiger partial charge in [-0.3, -0.25) is 4.79 Å². The number of nitrogens with zero attached hydrogens (tertiary/aromatic N) is 1. The normalized spacial score (nSPS) is 34.7. The minimum atomic E-state index is -0.0564. The van der Waals surface area contributed by atoms with Gasteiger partial charge in [-0.15, -0.1) is 0 Å². The second-order valence-electron chi connectivity index (χ2n) is 6.25. The zero-order chi connectivity index (χ0) is 12.6. The average molecular weight is 238 g/mol. The summed E-state index contributed by atoms with van der Waals surface area (Å²) in [4.78, 5) is 13.5. The molecule has 1 amide bonds. The molecule has 98 valence electrons. The molecule has 2 aliphatic carbocycles. The van der Waals surface area contributed by atoms with Crippen molar-refractivity contribution < 1.29 is 4.79 Å². The molecule has 2 rings (SSSR count). The molecule has 5 unspecified atom stereocenters. The van der Waals surface area contributed by atoms with E-state index in [1.165, 1.54) is 25.7 Å². The Labute approximate surface area is 105 Å². The monoisotopic (exact) mass is 238 g/mol. The highest BCUT2D eigenvalue weighted by molar-refractivity contribution is 5.80. The zero-order valence-electron chi connectivity index (χ0n) is 11.6. The molecular formula is C14H26N2O. The highest BCUT2D eigenvalue weighted by Crippen LogP contribution is 2.49. The van der Waals surface area contributed by atoms with E-state index in [0.29, 0.717) is 6.04 Å². The van der Waals surface area contributed by atoms with Gasteiger partial charge in [0, 0.05) is 20.1 Å². The maximum Gasteiger partial charge on any atom is 0.238 e. The molecule has 2 bridgehead atoms. The van der Waals surface area contributed by atoms with Crippen molar-refractivity contribution in [2.24, 2.45) is 17.8 Å². The molecule has 17 heavy (non-hydrogen) atoms. The molecule has 0 aromatic heterocycles. The van der Waals surface area contributed by atoms with Gasteiger partial charge in [0.15, 0.2) is 0 Å². The third kappa shape index (κ3) is 2.65. The summed E-state index contributed by atoms with van der Waals surface area (Å²) in [5, 5.41) is 3.50. The summed E-state index contributed by atoms with van der Waals surface area (Å²) >= 11 is 0. The molecule has 0 spiro atoms. The van der Waals surface area contributed by atoms with E-state index in [0.717, 1.165) is 17.8 Å². The number of hydrogen-bond acceptors (Lipinski definition) is 2. The highest BCUT2D eigenvalue weighted by atomic mass is 16.2. The zero-order valence-corrected chi connectivity index (χ0v) is 11.6. The van der Waals surface area contributed by atoms with E-state index < -0.39 is 0 Å². The molecule has 0 heterocycles. The Hall–Kier alpha value is -0.570. The molecule has 5 atom stereocenters. The molecule has 1 N–H and O–H groups in total. The van der Waals surface area contributed by atoms with Gasteiger partial charge >= 0.3 is 0 Å². The first-order valence-electron chi connectivity index (χ1n) is 6.96. The lowest BCUT2D eigenvalue weighted by Crippen LogP contribution is -2.48. The predicted molar refractivity (Wildman–Crippen MR) is 69.7 cm³/mol. The van der Waals surface area contributed by atoms with Gasteiger partial charge in [-0.25, -0.2) is 0 Å². The Morgan fingerprint density at radius 3 is 2.41 bits per heavy atom. The largest absolute Gasteiger partial charge is 0.347 e. The molecule has 2 fully saturated rings. The van der Waals surface area contributed by atoms with Crippen molar-refractivity contribution in [3.63, 3.8) is 0 Å². The Morgan fingerprint density at radius 2 is 1.94 bits per heavy atom. The molecular weight excluding hydrogens is 212 g/mol. The summed E-state index contributed by atoms with van der Waals surface area (Å²) in [5.41, 5.74) is 0. The number of rotatable bonds is 4. The minimum Gasteiger partial charge on any atom is -0.347 e. The first kappa shape index (κ1) is 12.9. The van der Waals surface area contributed by atoms with Crippen LogP contribution in [0, 0.1) is 17.8 Å². The highest BCUT2D eigenvalue weighted by Gasteiger charge is 2.42. The van der Waals surface area contributed by atoms with Crippen LogP contribution >= 0.6 is 0 Å². The van der Waals surface area contributed by atoms with Crippen LogP contribution in [0.3, 0.4) is 0 Å². The van der Waals surface area contributed by atoms with E-state index in [1.54, 1.807) is 4.90 Å². The van der Waals surface area contributed by atoms with Crippen molar-refractivity contribution in [3.8, 4) is 0 Å². The molecule has 2 aliphatic rings. The van der Waals surface area contributed by atoms with Crippen LogP contribution in [0.5, 0.6) is 0 Å². The average Bonchev–Trinajstić information content (AvgIpc) is 2.89. The van der Waals surface area contributed by atoms with E-state index in [2.05, 4.69) is 12.2 Å². The Kier molecular flexibility index (Phi) is 3.76. The number of amides is 1. The van der Waals surface area contributed by atoms with Gasteiger partial charge in [0.1, 0.15) is 0 Å². The lowest BCUT2D eigenvalue weighted by Gasteiger charge is -2.31. The van der Waals surface area contributed by atoms with E-state index >= 15 is 0 Å². The molecule has 3 heteroatoms. The standard InChI is InChI=1S/C14H26N2O/c1-9(15-10(2)14(17)16(3)4)13-8-11-5-6-12(13)7-11/h9-13,15H,5-8H2,1-4H3. The van der Waals surface area contributed by atoms with E-state index in [9.17, 15) is 4.79 Å². The number of carbonyl (C=O) groups excluding carboxylic acids is 1. The maximum atomic E-state index is 11.8. The van der Waals surface area contributed by atoms with E-state index in [4.69, 9.17) is 0 Å². The first-order chi connectivity index (χ1) is 7.99. The Balaban J connectivity index is 1.85. The van der Waals surface area contributed by atoms with Gasteiger partial charge in [-0.05, 0) is 50.9 Å². The van der Waals surface area contributed by atoms with Crippen molar-refractivity contribution in [2.45, 2.75) is 51.6 Å². The van der Waals surface area contributed by atoms with Crippen molar-refractivity contribution in [1.29, 1.82) is 0 Å². The quantitative estimate of drug-likeness (QED) is 0.811. The van der Waals surface area contributed by atoms with Crippen LogP contribution in [-0.4, -0.2) is 37.0 Å². The van der Waals surface area contributed by atoms with Crippen LogP contribution < -0.4 is 5.32 Å². The number of hydrogen-bond donors (Lipinski definition) is 1. The molecule has 0 aromatic carbocycles. The SMILES string of the molecule is CC(NC(C)C1CC2CCC1C2)C(=O)N(C)C. The van der Waals surface area contributed by atoms with Crippen molar-refractivity contribution in [3.05, 3.63) is 0 Å². The summed E-state index contributed by atoms with van der Waals surface area (Å²) in [7, 11) is 3.64. The van der Waals surface area contributed by atoms with Gasteiger partial charge in [0.2, 0.25) is 5.91 Å². The minimum absolute atomic E-state index is 0.0564. The summed E-state index contributed by atoms with van der Waals surface area (Å²) in [6.07, 6.45) is 5.67. The van der Waals surface area contributed by atoms with Crippen LogP contribution in [0.15, 0.2) is 0 Å². The molecule has 2 saturated carbocycles. The topological polar surface area (TPSA) is 32.3 Å². The number of nitrogens with one attached hydrogen (secondary N) is 1. The summed E-state index contributed by atoms with van der Waals surface area (Å²) < 4.78 is 0. The van der Waals surface area contributed by atoms with Gasteiger partial charge in [0.05, 0.1) is 6.04 Å². The molecule has 0 radical (unpaired) electrons. The summed E-state index contributed by atoms with van der Waals surface area (Å²) in [6.45, 7) is 4.23. The van der Waals surface area contributed by atoms with E-state index in [1.807, 2.05) is 21.0 Å². The van der Waals surface area contributed by atoms with Crippen LogP contribution in [0.2, 0.25) is 0 Å². The summed E-state index contributed by atoms with van der Waals surface area (Å²) in [5.74, 6) is 2.88. The van der Waals surface area contributed by atoms with Crippen LogP contribution in [-0.2, 0) is 4.79 Å². The van der Waals surface area contributed by atoms with Crippen LogP contribution in [0.4, 0.5) is 0 Å². The fourth-order valence-electron chi connectivity index (χ4n) is 3.88. The first-order valence-corrected chi connectivity index (χ1v) is 6.96. The fraction of sp³-hybridized carbons (Fsp3) is 0.929. The summed E-state index contributed by atoms with van der Waals surface area (Å²) in [6, 6.07) is 0.420. The molecule has 0 aliphatic heterocycles. The second-order valence-corrected chi connectivity index (χ2v) is 6.25. The number of carbonyl (C=O) groups is 1. The van der Waals surface area contributed by atoms with Crippen LogP contribution in [0.1, 0.15) is 39.5 Å². The lowest BCUT2D eigenvalue weighted by atomic mass is 9.84. The van der Waals surface area contributed by atoms with Crippen molar-refractivity contribution in [1.82, 2.24) is 10.2 Å². The van der Waals surface area contributed by atoms with Crippen molar-refractivity contribution in [2.75, 3.05) is 14.1 Å².